The van der Waals surface area contributed by atoms with Crippen molar-refractivity contribution in [3.05, 3.63) is 65.2 Å². The Hall–Kier alpha value is -3.23. The van der Waals surface area contributed by atoms with Crippen LogP contribution in [0.15, 0.2) is 48.0 Å². The van der Waals surface area contributed by atoms with Crippen molar-refractivity contribution < 1.29 is 30.8 Å². The van der Waals surface area contributed by atoms with Crippen molar-refractivity contribution in [3.63, 3.8) is 0 Å². The first-order valence-electron chi connectivity index (χ1n) is 10.8. The van der Waals surface area contributed by atoms with Crippen LogP contribution < -0.4 is 5.32 Å². The molecule has 0 aromatic carbocycles. The predicted octanol–water partition coefficient (Wildman–Crippen LogP) is 3.60. The normalized spacial score (nSPS) is 18.6. The number of carbonyl (C=O) groups excluding carboxylic acids is 1. The molecule has 0 radical (unpaired) electrons. The molecule has 2 atom stereocenters. The van der Waals surface area contributed by atoms with Gasteiger partial charge in [-0.05, 0) is 43.5 Å². The molecule has 1 amide bonds. The van der Waals surface area contributed by atoms with E-state index < -0.39 is 45.8 Å². The van der Waals surface area contributed by atoms with Crippen molar-refractivity contribution in [2.45, 2.75) is 49.6 Å². The molecule has 4 heterocycles. The zero-order valence-corrected chi connectivity index (χ0v) is 20.6. The standard InChI is InChI=1S/C22H19ClF4N6O3S/c1-12-2-4-18(33(12)37(35,36)19-5-3-15(24)10-29-19)20(34)30-7-13-6-17(28-11-16(13)23)14-8-31-21(32-9-14)22(25,26)27/h3,5-6,8-12,18H,2,4,7H2,1H3,(H,30,34)/t12-,18-/m0/s1. The average molecular weight is 559 g/mol. The topological polar surface area (TPSA) is 118 Å². The summed E-state index contributed by atoms with van der Waals surface area (Å²) in [6.07, 6.45) is -0.00922. The van der Waals surface area contributed by atoms with E-state index in [0.29, 0.717) is 12.0 Å². The highest BCUT2D eigenvalue weighted by molar-refractivity contribution is 7.89. The van der Waals surface area contributed by atoms with Crippen LogP contribution in [0, 0.1) is 5.82 Å². The number of rotatable bonds is 6. The number of pyridine rings is 2. The molecule has 1 fully saturated rings. The first-order valence-corrected chi connectivity index (χ1v) is 12.7. The van der Waals surface area contributed by atoms with Gasteiger partial charge in [0.25, 0.3) is 10.0 Å². The van der Waals surface area contributed by atoms with E-state index >= 15 is 0 Å². The van der Waals surface area contributed by atoms with Gasteiger partial charge in [-0.3, -0.25) is 9.78 Å². The van der Waals surface area contributed by atoms with Crippen LogP contribution in [-0.4, -0.2) is 50.6 Å². The molecule has 0 unspecified atom stereocenters. The Labute approximate surface area is 214 Å². The predicted molar refractivity (Wildman–Crippen MR) is 123 cm³/mol. The summed E-state index contributed by atoms with van der Waals surface area (Å²) in [7, 11) is -4.18. The smallest absolute Gasteiger partial charge is 0.351 e. The highest BCUT2D eigenvalue weighted by Gasteiger charge is 2.44. The maximum Gasteiger partial charge on any atom is 0.451 e. The molecular formula is C22H19ClF4N6O3S. The Morgan fingerprint density at radius 1 is 1.11 bits per heavy atom. The second kappa shape index (κ2) is 10.3. The summed E-state index contributed by atoms with van der Waals surface area (Å²) in [5.74, 6) is -2.57. The molecule has 37 heavy (non-hydrogen) atoms. The number of alkyl halides is 3. The maximum atomic E-state index is 13.2. The molecular weight excluding hydrogens is 540 g/mol. The monoisotopic (exact) mass is 558 g/mol. The van der Waals surface area contributed by atoms with Crippen LogP contribution in [0.25, 0.3) is 11.3 Å². The summed E-state index contributed by atoms with van der Waals surface area (Å²) in [4.78, 5) is 27.4. The zero-order valence-electron chi connectivity index (χ0n) is 19.1. The van der Waals surface area contributed by atoms with Crippen molar-refractivity contribution in [3.8, 4) is 11.3 Å². The third kappa shape index (κ3) is 5.70. The first kappa shape index (κ1) is 26.8. The molecule has 1 saturated heterocycles. The number of halogens is 5. The molecule has 0 saturated carbocycles. The van der Waals surface area contributed by atoms with E-state index in [1.54, 1.807) is 6.92 Å². The Bertz CT molecular complexity index is 1410. The third-order valence-electron chi connectivity index (χ3n) is 5.73. The second-order valence-electron chi connectivity index (χ2n) is 8.26. The summed E-state index contributed by atoms with van der Waals surface area (Å²) in [6.45, 7) is 1.55. The van der Waals surface area contributed by atoms with Gasteiger partial charge in [0.05, 0.1) is 16.9 Å². The molecule has 1 aliphatic heterocycles. The number of aromatic nitrogens is 4. The van der Waals surface area contributed by atoms with Crippen LogP contribution in [0.2, 0.25) is 5.02 Å². The molecule has 1 N–H and O–H groups in total. The van der Waals surface area contributed by atoms with E-state index in [-0.39, 0.29) is 34.3 Å². The van der Waals surface area contributed by atoms with Gasteiger partial charge in [0.15, 0.2) is 5.03 Å². The van der Waals surface area contributed by atoms with Crippen LogP contribution in [0.4, 0.5) is 17.6 Å². The van der Waals surface area contributed by atoms with E-state index in [1.165, 1.54) is 12.3 Å². The van der Waals surface area contributed by atoms with E-state index in [2.05, 4.69) is 25.3 Å². The minimum absolute atomic E-state index is 0.109. The van der Waals surface area contributed by atoms with Gasteiger partial charge in [-0.15, -0.1) is 0 Å². The lowest BCUT2D eigenvalue weighted by Gasteiger charge is -2.26. The first-order chi connectivity index (χ1) is 17.4. The van der Waals surface area contributed by atoms with E-state index in [0.717, 1.165) is 35.0 Å². The second-order valence-corrected chi connectivity index (χ2v) is 10.5. The number of nitrogens with zero attached hydrogens (tertiary/aromatic N) is 5. The van der Waals surface area contributed by atoms with Crippen LogP contribution in [-0.2, 0) is 27.5 Å². The minimum Gasteiger partial charge on any atom is -0.351 e. The summed E-state index contributed by atoms with van der Waals surface area (Å²) in [5.41, 5.74) is 0.815. The molecule has 3 aromatic rings. The molecule has 3 aromatic heterocycles. The van der Waals surface area contributed by atoms with Crippen molar-refractivity contribution in [2.24, 2.45) is 0 Å². The molecule has 1 aliphatic rings. The summed E-state index contributed by atoms with van der Waals surface area (Å²) >= 11 is 6.19. The number of carbonyl (C=O) groups is 1. The van der Waals surface area contributed by atoms with Gasteiger partial charge in [0.1, 0.15) is 11.9 Å². The van der Waals surface area contributed by atoms with Crippen LogP contribution in [0.5, 0.6) is 0 Å². The lowest BCUT2D eigenvalue weighted by atomic mass is 10.1. The third-order valence-corrected chi connectivity index (χ3v) is 8.01. The van der Waals surface area contributed by atoms with Gasteiger partial charge in [-0.25, -0.2) is 27.8 Å². The highest BCUT2D eigenvalue weighted by Crippen LogP contribution is 2.31. The molecule has 0 spiro atoms. The Kier molecular flexibility index (Phi) is 7.44. The van der Waals surface area contributed by atoms with Crippen molar-refractivity contribution in [1.82, 2.24) is 29.6 Å². The van der Waals surface area contributed by atoms with Gasteiger partial charge < -0.3 is 5.32 Å². The molecule has 4 rings (SSSR count). The van der Waals surface area contributed by atoms with Crippen LogP contribution >= 0.6 is 11.6 Å². The fourth-order valence-corrected chi connectivity index (χ4v) is 5.84. The number of nitrogens with one attached hydrogen (secondary N) is 1. The molecule has 196 valence electrons. The summed E-state index contributed by atoms with van der Waals surface area (Å²) in [6, 6.07) is 1.94. The lowest BCUT2D eigenvalue weighted by Crippen LogP contribution is -2.48. The lowest BCUT2D eigenvalue weighted by molar-refractivity contribution is -0.145. The number of hydrogen-bond acceptors (Lipinski definition) is 7. The van der Waals surface area contributed by atoms with Crippen molar-refractivity contribution >= 4 is 27.5 Å². The quantitative estimate of drug-likeness (QED) is 0.459. The summed E-state index contributed by atoms with van der Waals surface area (Å²) in [5, 5.41) is 2.46. The maximum absolute atomic E-state index is 13.2. The Balaban J connectivity index is 1.50. The fraction of sp³-hybridized carbons (Fsp3) is 0.318. The average Bonchev–Trinajstić information content (AvgIpc) is 3.25. The zero-order chi connectivity index (χ0) is 27.0. The number of hydrogen-bond donors (Lipinski definition) is 1. The Morgan fingerprint density at radius 3 is 2.43 bits per heavy atom. The molecule has 0 aliphatic carbocycles. The van der Waals surface area contributed by atoms with Gasteiger partial charge >= 0.3 is 6.18 Å². The molecule has 0 bridgehead atoms. The minimum atomic E-state index is -4.69. The molecule has 15 heteroatoms. The fourth-order valence-electron chi connectivity index (χ4n) is 3.92. The van der Waals surface area contributed by atoms with Gasteiger partial charge in [0.2, 0.25) is 11.7 Å². The van der Waals surface area contributed by atoms with Crippen LogP contribution in [0.1, 0.15) is 31.2 Å². The van der Waals surface area contributed by atoms with Crippen molar-refractivity contribution in [2.75, 3.05) is 0 Å². The van der Waals surface area contributed by atoms with Crippen LogP contribution in [0.3, 0.4) is 0 Å². The molecule has 9 nitrogen and oxygen atoms in total. The van der Waals surface area contributed by atoms with Crippen molar-refractivity contribution in [1.29, 1.82) is 0 Å². The Morgan fingerprint density at radius 2 is 1.81 bits per heavy atom. The SMILES string of the molecule is C[C@H]1CC[C@@H](C(=O)NCc2cc(-c3cnc(C(F)(F)F)nc3)ncc2Cl)N1S(=O)(=O)c1ccc(F)cn1. The number of amides is 1. The van der Waals surface area contributed by atoms with Gasteiger partial charge in [0, 0.05) is 36.7 Å². The van der Waals surface area contributed by atoms with Gasteiger partial charge in [-0.2, -0.15) is 17.5 Å². The highest BCUT2D eigenvalue weighted by atomic mass is 35.5. The van der Waals surface area contributed by atoms with E-state index in [4.69, 9.17) is 11.6 Å². The largest absolute Gasteiger partial charge is 0.451 e. The van der Waals surface area contributed by atoms with E-state index in [9.17, 15) is 30.8 Å². The van der Waals surface area contributed by atoms with Gasteiger partial charge in [-0.1, -0.05) is 11.6 Å². The summed E-state index contributed by atoms with van der Waals surface area (Å²) < 4.78 is 78.7. The van der Waals surface area contributed by atoms with E-state index in [1.807, 2.05) is 0 Å². The number of sulfonamides is 1.